The molecule has 2 fully saturated rings. The van der Waals surface area contributed by atoms with Gasteiger partial charge in [0.05, 0.1) is 0 Å². The second-order valence-electron chi connectivity index (χ2n) is 8.27. The average Bonchev–Trinajstić information content (AvgIpc) is 2.75. The minimum absolute atomic E-state index is 0.685. The summed E-state index contributed by atoms with van der Waals surface area (Å²) in [6, 6.07) is 0. The number of rotatable bonds is 4. The third-order valence-corrected chi connectivity index (χ3v) is 6.58. The molecule has 1 radical (unpaired) electrons. The van der Waals surface area contributed by atoms with Gasteiger partial charge in [-0.05, 0) is 24.7 Å². The first-order valence-electron chi connectivity index (χ1n) is 10.7. The predicted molar refractivity (Wildman–Crippen MR) is 101 cm³/mol. The van der Waals surface area contributed by atoms with Gasteiger partial charge in [0.1, 0.15) is 7.28 Å². The van der Waals surface area contributed by atoms with Crippen molar-refractivity contribution in [2.24, 2.45) is 5.41 Å². The first-order chi connectivity index (χ1) is 10.9. The first-order valence-corrected chi connectivity index (χ1v) is 10.7. The maximum Gasteiger partial charge on any atom is 0.114 e. The zero-order valence-electron chi connectivity index (χ0n) is 15.4. The van der Waals surface area contributed by atoms with Crippen LogP contribution in [0.4, 0.5) is 0 Å². The zero-order valence-corrected chi connectivity index (χ0v) is 15.4. The van der Waals surface area contributed by atoms with Crippen LogP contribution in [0, 0.1) is 5.41 Å². The molecule has 0 spiro atoms. The number of hydrogen-bond acceptors (Lipinski definition) is 0. The SMILES string of the molecule is CCCCC1(C2[B]CCCCCCC2)CCCCCCCC1. The molecule has 0 bridgehead atoms. The summed E-state index contributed by atoms with van der Waals surface area (Å²) < 4.78 is 0. The quantitative estimate of drug-likeness (QED) is 0.470. The van der Waals surface area contributed by atoms with Gasteiger partial charge in [-0.1, -0.05) is 109 Å². The minimum Gasteiger partial charge on any atom is -0.0799 e. The van der Waals surface area contributed by atoms with Gasteiger partial charge in [0.15, 0.2) is 0 Å². The lowest BCUT2D eigenvalue weighted by Crippen LogP contribution is -2.30. The molecule has 127 valence electrons. The molecule has 0 aromatic heterocycles. The van der Waals surface area contributed by atoms with Crippen LogP contribution in [-0.2, 0) is 0 Å². The minimum atomic E-state index is 0.685. The molecule has 1 saturated carbocycles. The van der Waals surface area contributed by atoms with E-state index in [2.05, 4.69) is 14.2 Å². The highest BCUT2D eigenvalue weighted by molar-refractivity contribution is 6.37. The van der Waals surface area contributed by atoms with E-state index >= 15 is 0 Å². The molecule has 1 atom stereocenters. The van der Waals surface area contributed by atoms with Crippen LogP contribution in [-0.4, -0.2) is 7.28 Å². The summed E-state index contributed by atoms with van der Waals surface area (Å²) in [5, 5.41) is 0. The smallest absolute Gasteiger partial charge is 0.0799 e. The molecule has 0 aromatic carbocycles. The molecule has 1 saturated heterocycles. The van der Waals surface area contributed by atoms with Crippen LogP contribution in [0.5, 0.6) is 0 Å². The fourth-order valence-corrected chi connectivity index (χ4v) is 5.15. The second-order valence-corrected chi connectivity index (χ2v) is 8.27. The van der Waals surface area contributed by atoms with Gasteiger partial charge in [0, 0.05) is 0 Å². The molecule has 1 aliphatic heterocycles. The molecule has 1 heteroatoms. The van der Waals surface area contributed by atoms with Crippen molar-refractivity contribution in [3.8, 4) is 0 Å². The topological polar surface area (TPSA) is 0 Å². The van der Waals surface area contributed by atoms with Crippen molar-refractivity contribution in [2.75, 3.05) is 0 Å². The van der Waals surface area contributed by atoms with Crippen molar-refractivity contribution in [3.63, 3.8) is 0 Å². The Morgan fingerprint density at radius 1 is 0.773 bits per heavy atom. The lowest BCUT2D eigenvalue weighted by Gasteiger charge is -2.42. The summed E-state index contributed by atoms with van der Waals surface area (Å²) >= 11 is 0. The van der Waals surface area contributed by atoms with Gasteiger partial charge < -0.3 is 0 Å². The standard InChI is InChI=1S/C21H40B/c1-2-3-16-21(17-12-8-4-5-9-13-18-21)20-15-11-7-6-10-14-19-22-20/h20H,2-19H2,1H3. The Labute approximate surface area is 141 Å². The number of hydrogen-bond donors (Lipinski definition) is 0. The third kappa shape index (κ3) is 5.93. The second kappa shape index (κ2) is 10.8. The molecule has 1 aliphatic carbocycles. The van der Waals surface area contributed by atoms with E-state index in [4.69, 9.17) is 0 Å². The van der Waals surface area contributed by atoms with E-state index in [1.165, 1.54) is 115 Å². The highest BCUT2D eigenvalue weighted by Gasteiger charge is 2.36. The van der Waals surface area contributed by atoms with Gasteiger partial charge in [-0.3, -0.25) is 0 Å². The van der Waals surface area contributed by atoms with E-state index < -0.39 is 0 Å². The van der Waals surface area contributed by atoms with Gasteiger partial charge in [-0.15, -0.1) is 0 Å². The monoisotopic (exact) mass is 303 g/mol. The molecule has 1 unspecified atom stereocenters. The molecule has 0 aromatic rings. The van der Waals surface area contributed by atoms with E-state index in [1.807, 2.05) is 0 Å². The van der Waals surface area contributed by atoms with Crippen LogP contribution in [0.15, 0.2) is 0 Å². The van der Waals surface area contributed by atoms with Gasteiger partial charge in [0.2, 0.25) is 0 Å². The molecule has 0 amide bonds. The summed E-state index contributed by atoms with van der Waals surface area (Å²) in [6.07, 6.45) is 26.8. The normalized spacial score (nSPS) is 28.1. The Bertz CT molecular complexity index is 253. The maximum absolute atomic E-state index is 2.80. The highest BCUT2D eigenvalue weighted by Crippen LogP contribution is 2.50. The molecule has 1 heterocycles. The zero-order chi connectivity index (χ0) is 15.5. The third-order valence-electron chi connectivity index (χ3n) is 6.58. The number of unbranched alkanes of at least 4 members (excludes halogenated alkanes) is 1. The van der Waals surface area contributed by atoms with Gasteiger partial charge in [-0.2, -0.15) is 0 Å². The summed E-state index contributed by atoms with van der Waals surface area (Å²) in [5.74, 6) is 0.940. The average molecular weight is 303 g/mol. The van der Waals surface area contributed by atoms with E-state index in [9.17, 15) is 0 Å². The van der Waals surface area contributed by atoms with E-state index in [0.29, 0.717) is 5.41 Å². The molecular weight excluding hydrogens is 263 g/mol. The van der Waals surface area contributed by atoms with Crippen molar-refractivity contribution in [1.82, 2.24) is 0 Å². The van der Waals surface area contributed by atoms with Crippen molar-refractivity contribution in [1.29, 1.82) is 0 Å². The molecule has 0 nitrogen and oxygen atoms in total. The molecule has 22 heavy (non-hydrogen) atoms. The molecular formula is C21H40B. The van der Waals surface area contributed by atoms with Gasteiger partial charge >= 0.3 is 0 Å². The Hall–Kier alpha value is 0.0649. The van der Waals surface area contributed by atoms with Crippen LogP contribution >= 0.6 is 0 Å². The maximum atomic E-state index is 2.80. The highest BCUT2D eigenvalue weighted by atomic mass is 14.4. The Morgan fingerprint density at radius 3 is 2.05 bits per heavy atom. The van der Waals surface area contributed by atoms with E-state index in [0.717, 1.165) is 5.82 Å². The van der Waals surface area contributed by atoms with E-state index in [-0.39, 0.29) is 0 Å². The van der Waals surface area contributed by atoms with Crippen LogP contribution in [0.25, 0.3) is 0 Å². The van der Waals surface area contributed by atoms with Crippen molar-refractivity contribution < 1.29 is 0 Å². The van der Waals surface area contributed by atoms with Gasteiger partial charge in [0.25, 0.3) is 0 Å². The van der Waals surface area contributed by atoms with E-state index in [1.54, 1.807) is 0 Å². The lowest BCUT2D eigenvalue weighted by molar-refractivity contribution is 0.177. The van der Waals surface area contributed by atoms with Crippen LogP contribution < -0.4 is 0 Å². The van der Waals surface area contributed by atoms with Crippen LogP contribution in [0.2, 0.25) is 12.1 Å². The molecule has 2 rings (SSSR count). The molecule has 2 aliphatic rings. The van der Waals surface area contributed by atoms with Crippen molar-refractivity contribution >= 4 is 7.28 Å². The summed E-state index contributed by atoms with van der Waals surface area (Å²) in [7, 11) is 2.80. The fourth-order valence-electron chi connectivity index (χ4n) is 5.15. The predicted octanol–water partition coefficient (Wildman–Crippen LogP) is 7.56. The Kier molecular flexibility index (Phi) is 9.01. The van der Waals surface area contributed by atoms with Gasteiger partial charge in [-0.25, -0.2) is 0 Å². The molecule has 0 N–H and O–H groups in total. The summed E-state index contributed by atoms with van der Waals surface area (Å²) in [6.45, 7) is 2.38. The summed E-state index contributed by atoms with van der Waals surface area (Å²) in [5.41, 5.74) is 0.685. The first kappa shape index (κ1) is 18.4. The van der Waals surface area contributed by atoms with Crippen LogP contribution in [0.3, 0.4) is 0 Å². The van der Waals surface area contributed by atoms with Crippen LogP contribution in [0.1, 0.15) is 116 Å². The largest absolute Gasteiger partial charge is 0.114 e. The lowest BCUT2D eigenvalue weighted by atomic mass is 9.47. The van der Waals surface area contributed by atoms with Crippen molar-refractivity contribution in [3.05, 3.63) is 0 Å². The van der Waals surface area contributed by atoms with Crippen molar-refractivity contribution in [2.45, 2.75) is 128 Å². The Morgan fingerprint density at radius 2 is 1.36 bits per heavy atom. The summed E-state index contributed by atoms with van der Waals surface area (Å²) in [4.78, 5) is 0. The Balaban J connectivity index is 2.07. The fraction of sp³-hybridized carbons (Fsp3) is 1.00.